The first kappa shape index (κ1) is 12.9. The highest BCUT2D eigenvalue weighted by Crippen LogP contribution is 2.12. The van der Waals surface area contributed by atoms with Gasteiger partial charge in [0.15, 0.2) is 6.04 Å². The van der Waals surface area contributed by atoms with Crippen LogP contribution in [-0.2, 0) is 4.79 Å². The second-order valence-corrected chi connectivity index (χ2v) is 3.08. The molecule has 14 heavy (non-hydrogen) atoms. The van der Waals surface area contributed by atoms with Crippen LogP contribution in [0.25, 0.3) is 0 Å². The molecule has 1 fully saturated rings. The molecule has 82 valence electrons. The number of hydroxylamine groups is 1. The van der Waals surface area contributed by atoms with Crippen molar-refractivity contribution < 1.29 is 25.8 Å². The molecule has 0 amide bonds. The molecule has 1 aliphatic carbocycles. The van der Waals surface area contributed by atoms with Gasteiger partial charge in [0, 0.05) is 12.4 Å². The minimum atomic E-state index is -1.08. The summed E-state index contributed by atoms with van der Waals surface area (Å²) in [6.45, 7) is 0.972. The highest BCUT2D eigenvalue weighted by Gasteiger charge is 2.23. The summed E-state index contributed by atoms with van der Waals surface area (Å²) in [5.41, 5.74) is 1.84. The molecule has 0 aliphatic heterocycles. The third-order valence-corrected chi connectivity index (χ3v) is 1.93. The van der Waals surface area contributed by atoms with Crippen molar-refractivity contribution in [3.05, 3.63) is 0 Å². The maximum atomic E-state index is 8.89. The highest BCUT2D eigenvalue weighted by molar-refractivity contribution is 5.88. The first-order valence-corrected chi connectivity index (χ1v) is 4.47. The minimum absolute atomic E-state index is 0.00116. The van der Waals surface area contributed by atoms with Crippen LogP contribution < -0.4 is 10.6 Å². The van der Waals surface area contributed by atoms with Crippen LogP contribution in [0.3, 0.4) is 0 Å². The van der Waals surface area contributed by atoms with E-state index in [4.69, 9.17) is 20.3 Å². The average molecular weight is 204 g/mol. The molecule has 1 unspecified atom stereocenters. The Morgan fingerprint density at radius 3 is 2.57 bits per heavy atom. The molecule has 1 saturated carbocycles. The average Bonchev–Trinajstić information content (AvgIpc) is 2.17. The Kier molecular flexibility index (Phi) is 6.69. The van der Waals surface area contributed by atoms with Crippen LogP contribution in [0, 0.1) is 0 Å². The highest BCUT2D eigenvalue weighted by atomic mass is 16.5. The third-order valence-electron chi connectivity index (χ3n) is 1.93. The van der Waals surface area contributed by atoms with Gasteiger partial charge in [0.2, 0.25) is 0 Å². The van der Waals surface area contributed by atoms with Crippen molar-refractivity contribution in [3.8, 4) is 0 Å². The molecule has 0 saturated heterocycles. The van der Waals surface area contributed by atoms with Gasteiger partial charge in [-0.3, -0.25) is 0 Å². The third kappa shape index (κ3) is 5.50. The van der Waals surface area contributed by atoms with Gasteiger partial charge >= 0.3 is 0 Å². The number of carbonyl (C=O) groups excluding carboxylic acids is 1. The monoisotopic (exact) mass is 204 g/mol. The summed E-state index contributed by atoms with van der Waals surface area (Å²) >= 11 is 0. The van der Waals surface area contributed by atoms with E-state index in [-0.39, 0.29) is 6.04 Å². The van der Waals surface area contributed by atoms with Crippen LogP contribution in [0.4, 0.5) is 0 Å². The molecule has 1 atom stereocenters. The molecule has 1 aliphatic rings. The van der Waals surface area contributed by atoms with Gasteiger partial charge < -0.3 is 15.1 Å². The number of quaternary nitrogens is 1. The van der Waals surface area contributed by atoms with Crippen molar-refractivity contribution in [2.45, 2.75) is 38.6 Å². The molecule has 0 spiro atoms. The zero-order chi connectivity index (χ0) is 11.0. The number of carboxylic acids is 1. The molecule has 6 heteroatoms. The number of hydrogen-bond acceptors (Lipinski definition) is 5. The van der Waals surface area contributed by atoms with Crippen molar-refractivity contribution in [1.82, 2.24) is 0 Å². The number of nitrogens with two attached hydrogens (primary N) is 1. The molecular weight excluding hydrogens is 188 g/mol. The van der Waals surface area contributed by atoms with Gasteiger partial charge in [-0.15, -0.1) is 0 Å². The van der Waals surface area contributed by atoms with E-state index in [2.05, 4.69) is 5.16 Å². The SMILES string of the molecule is CC(=O)[O-].O/N=C1\CCCCC1[NH2+]O. The molecule has 0 aromatic carbocycles. The van der Waals surface area contributed by atoms with E-state index >= 15 is 0 Å². The Bertz CT molecular complexity index is 202. The first-order chi connectivity index (χ1) is 6.61. The van der Waals surface area contributed by atoms with E-state index in [1.165, 1.54) is 0 Å². The van der Waals surface area contributed by atoms with E-state index in [9.17, 15) is 0 Å². The van der Waals surface area contributed by atoms with E-state index < -0.39 is 5.97 Å². The predicted octanol–water partition coefficient (Wildman–Crippen LogP) is -1.53. The summed E-state index contributed by atoms with van der Waals surface area (Å²) < 4.78 is 0. The molecule has 0 radical (unpaired) electrons. The maximum Gasteiger partial charge on any atom is 0.157 e. The number of aliphatic carboxylic acids is 1. The topological polar surface area (TPSA) is 110 Å². The summed E-state index contributed by atoms with van der Waals surface area (Å²) in [4.78, 5) is 8.89. The van der Waals surface area contributed by atoms with Crippen LogP contribution in [0.1, 0.15) is 32.6 Å². The second kappa shape index (κ2) is 7.28. The number of oxime groups is 1. The van der Waals surface area contributed by atoms with Crippen molar-refractivity contribution >= 4 is 11.7 Å². The Hall–Kier alpha value is -1.14. The van der Waals surface area contributed by atoms with Gasteiger partial charge in [0.25, 0.3) is 0 Å². The fourth-order valence-corrected chi connectivity index (χ4v) is 1.31. The van der Waals surface area contributed by atoms with Gasteiger partial charge in [-0.2, -0.15) is 5.48 Å². The first-order valence-electron chi connectivity index (χ1n) is 4.47. The Morgan fingerprint density at radius 2 is 2.21 bits per heavy atom. The molecule has 0 aromatic heterocycles. The molecule has 0 aromatic rings. The number of nitrogens with zero attached hydrogens (tertiary/aromatic N) is 1. The molecular formula is C8H16N2O4. The minimum Gasteiger partial charge on any atom is -0.550 e. The number of carbonyl (C=O) groups is 1. The lowest BCUT2D eigenvalue weighted by molar-refractivity contribution is -0.900. The molecule has 0 bridgehead atoms. The van der Waals surface area contributed by atoms with Gasteiger partial charge in [-0.1, -0.05) is 5.16 Å². The zero-order valence-corrected chi connectivity index (χ0v) is 8.14. The van der Waals surface area contributed by atoms with E-state index in [1.807, 2.05) is 0 Å². The summed E-state index contributed by atoms with van der Waals surface area (Å²) in [5, 5.41) is 29.1. The summed E-state index contributed by atoms with van der Waals surface area (Å²) in [6, 6.07) is -0.00116. The Morgan fingerprint density at radius 1 is 1.64 bits per heavy atom. The lowest BCUT2D eigenvalue weighted by Gasteiger charge is -2.17. The fourth-order valence-electron chi connectivity index (χ4n) is 1.31. The standard InChI is InChI=1S/C6H12N2O2.C2H4O2/c9-7-5-3-1-2-4-6(5)8-10;1-2(3)4/h5,7,9-10H,1-4H2;1H3,(H,3,4)/b8-6+;. The summed E-state index contributed by atoms with van der Waals surface area (Å²) in [6.07, 6.45) is 3.92. The summed E-state index contributed by atoms with van der Waals surface area (Å²) in [7, 11) is 0. The van der Waals surface area contributed by atoms with Crippen LogP contribution >= 0.6 is 0 Å². The largest absolute Gasteiger partial charge is 0.550 e. The fraction of sp³-hybridized carbons (Fsp3) is 0.750. The quantitative estimate of drug-likeness (QED) is 0.355. The predicted molar refractivity (Wildman–Crippen MR) is 45.9 cm³/mol. The van der Waals surface area contributed by atoms with Crippen LogP contribution in [-0.4, -0.2) is 28.1 Å². The Balaban J connectivity index is 0.000000364. The number of hydrogen-bond donors (Lipinski definition) is 3. The van der Waals surface area contributed by atoms with Crippen molar-refractivity contribution in [1.29, 1.82) is 0 Å². The van der Waals surface area contributed by atoms with Crippen LogP contribution in [0.15, 0.2) is 5.16 Å². The van der Waals surface area contributed by atoms with Gasteiger partial charge in [0.1, 0.15) is 5.71 Å². The van der Waals surface area contributed by atoms with E-state index in [0.29, 0.717) is 5.71 Å². The second-order valence-electron chi connectivity index (χ2n) is 3.08. The molecule has 0 heterocycles. The number of carboxylic acid groups (broad SMARTS) is 1. The normalized spacial score (nSPS) is 23.9. The van der Waals surface area contributed by atoms with Crippen molar-refractivity contribution in [2.24, 2.45) is 5.16 Å². The lowest BCUT2D eigenvalue weighted by atomic mass is 9.94. The molecule has 4 N–H and O–H groups in total. The maximum absolute atomic E-state index is 8.89. The molecule has 1 rings (SSSR count). The van der Waals surface area contributed by atoms with E-state index in [0.717, 1.165) is 38.1 Å². The van der Waals surface area contributed by atoms with Gasteiger partial charge in [0.05, 0.1) is 0 Å². The Labute approximate surface area is 82.2 Å². The van der Waals surface area contributed by atoms with Crippen molar-refractivity contribution in [3.63, 3.8) is 0 Å². The van der Waals surface area contributed by atoms with Crippen LogP contribution in [0.5, 0.6) is 0 Å². The van der Waals surface area contributed by atoms with Crippen molar-refractivity contribution in [2.75, 3.05) is 0 Å². The zero-order valence-electron chi connectivity index (χ0n) is 8.14. The van der Waals surface area contributed by atoms with Crippen LogP contribution in [0.2, 0.25) is 0 Å². The molecule has 6 nitrogen and oxygen atoms in total. The lowest BCUT2D eigenvalue weighted by Crippen LogP contribution is -2.89. The van der Waals surface area contributed by atoms with E-state index in [1.54, 1.807) is 0 Å². The van der Waals surface area contributed by atoms with Gasteiger partial charge in [-0.25, -0.2) is 5.21 Å². The number of rotatable bonds is 1. The van der Waals surface area contributed by atoms with Gasteiger partial charge in [-0.05, 0) is 26.2 Å². The smallest absolute Gasteiger partial charge is 0.157 e. The summed E-state index contributed by atoms with van der Waals surface area (Å²) in [5.74, 6) is -1.08.